The normalized spacial score (nSPS) is 11.7. The van der Waals surface area contributed by atoms with E-state index in [1.165, 1.54) is 14.2 Å². The van der Waals surface area contributed by atoms with Gasteiger partial charge in [-0.25, -0.2) is 4.79 Å². The number of amides is 1. The molecule has 0 bridgehead atoms. The molecule has 1 amide bonds. The van der Waals surface area contributed by atoms with Crippen molar-refractivity contribution in [2.45, 2.75) is 32.6 Å². The van der Waals surface area contributed by atoms with Crippen LogP contribution < -0.4 is 5.73 Å². The van der Waals surface area contributed by atoms with Crippen LogP contribution in [-0.4, -0.2) is 20.3 Å². The summed E-state index contributed by atoms with van der Waals surface area (Å²) in [5.41, 5.74) is 4.89. The standard InChI is InChI=1S/C10H19NO4/c1-4-5-6-7-8(13-2)9(14-3)15-10(11)12/h4-7H2,1-3H3,(H2,11,12)/b9-8+. The van der Waals surface area contributed by atoms with Gasteiger partial charge in [0, 0.05) is 6.42 Å². The number of hydrogen-bond donors (Lipinski definition) is 1. The Labute approximate surface area is 90.2 Å². The van der Waals surface area contributed by atoms with Gasteiger partial charge in [-0.1, -0.05) is 19.8 Å². The monoisotopic (exact) mass is 217 g/mol. The zero-order valence-corrected chi connectivity index (χ0v) is 9.54. The fourth-order valence-corrected chi connectivity index (χ4v) is 1.13. The lowest BCUT2D eigenvalue weighted by atomic mass is 10.2. The van der Waals surface area contributed by atoms with E-state index >= 15 is 0 Å². The highest BCUT2D eigenvalue weighted by Gasteiger charge is 2.12. The maximum atomic E-state index is 10.5. The smallest absolute Gasteiger partial charge is 0.412 e. The van der Waals surface area contributed by atoms with Gasteiger partial charge in [0.25, 0.3) is 0 Å². The minimum Gasteiger partial charge on any atom is -0.494 e. The topological polar surface area (TPSA) is 70.8 Å². The molecule has 15 heavy (non-hydrogen) atoms. The number of nitrogens with two attached hydrogens (primary N) is 1. The van der Waals surface area contributed by atoms with Crippen LogP contribution in [0.15, 0.2) is 11.7 Å². The van der Waals surface area contributed by atoms with Gasteiger partial charge in [0.2, 0.25) is 0 Å². The van der Waals surface area contributed by atoms with Gasteiger partial charge < -0.3 is 19.9 Å². The van der Waals surface area contributed by atoms with E-state index in [1.54, 1.807) is 0 Å². The number of rotatable bonds is 7. The van der Waals surface area contributed by atoms with Crippen LogP contribution >= 0.6 is 0 Å². The van der Waals surface area contributed by atoms with Gasteiger partial charge in [-0.05, 0) is 6.42 Å². The lowest BCUT2D eigenvalue weighted by Gasteiger charge is -2.11. The first-order chi connectivity index (χ1) is 7.15. The van der Waals surface area contributed by atoms with Gasteiger partial charge in [-0.2, -0.15) is 0 Å². The lowest BCUT2D eigenvalue weighted by molar-refractivity contribution is 0.0746. The first-order valence-electron chi connectivity index (χ1n) is 4.94. The Kier molecular flexibility index (Phi) is 7.23. The van der Waals surface area contributed by atoms with E-state index in [1.807, 2.05) is 0 Å². The fraction of sp³-hybridized carbons (Fsp3) is 0.700. The Morgan fingerprint density at radius 2 is 1.87 bits per heavy atom. The van der Waals surface area contributed by atoms with Gasteiger partial charge in [-0.3, -0.25) is 0 Å². The molecule has 0 rings (SSSR count). The van der Waals surface area contributed by atoms with Crippen LogP contribution in [0.1, 0.15) is 32.6 Å². The van der Waals surface area contributed by atoms with E-state index in [9.17, 15) is 4.79 Å². The van der Waals surface area contributed by atoms with Crippen LogP contribution in [0, 0.1) is 0 Å². The Morgan fingerprint density at radius 3 is 2.27 bits per heavy atom. The van der Waals surface area contributed by atoms with Crippen molar-refractivity contribution >= 4 is 6.09 Å². The molecule has 0 fully saturated rings. The summed E-state index contributed by atoms with van der Waals surface area (Å²) in [6, 6.07) is 0. The molecule has 5 nitrogen and oxygen atoms in total. The summed E-state index contributed by atoms with van der Waals surface area (Å²) < 4.78 is 14.6. The quantitative estimate of drug-likeness (QED) is 0.523. The third kappa shape index (κ3) is 5.83. The van der Waals surface area contributed by atoms with Crippen molar-refractivity contribution in [2.75, 3.05) is 14.2 Å². The molecule has 0 heterocycles. The van der Waals surface area contributed by atoms with Crippen molar-refractivity contribution in [3.8, 4) is 0 Å². The van der Waals surface area contributed by atoms with Crippen LogP contribution in [0.2, 0.25) is 0 Å². The van der Waals surface area contributed by atoms with Crippen LogP contribution in [0.25, 0.3) is 0 Å². The minimum atomic E-state index is -0.906. The molecule has 0 aromatic rings. The van der Waals surface area contributed by atoms with Crippen LogP contribution in [-0.2, 0) is 14.2 Å². The lowest BCUT2D eigenvalue weighted by Crippen LogP contribution is -2.15. The summed E-state index contributed by atoms with van der Waals surface area (Å²) in [6.07, 6.45) is 2.91. The Hall–Kier alpha value is -1.39. The number of primary amides is 1. The highest BCUT2D eigenvalue weighted by Crippen LogP contribution is 2.15. The van der Waals surface area contributed by atoms with E-state index < -0.39 is 6.09 Å². The highest BCUT2D eigenvalue weighted by molar-refractivity contribution is 5.65. The molecule has 0 unspecified atom stereocenters. The molecule has 0 saturated heterocycles. The Bertz CT molecular complexity index is 225. The second-order valence-electron chi connectivity index (χ2n) is 3.00. The molecule has 0 atom stereocenters. The van der Waals surface area contributed by atoms with Crippen molar-refractivity contribution in [2.24, 2.45) is 5.73 Å². The fourth-order valence-electron chi connectivity index (χ4n) is 1.13. The molecule has 0 spiro atoms. The number of ether oxygens (including phenoxy) is 3. The van der Waals surface area contributed by atoms with Gasteiger partial charge in [0.1, 0.15) is 0 Å². The maximum Gasteiger partial charge on any atom is 0.412 e. The third-order valence-electron chi connectivity index (χ3n) is 1.86. The molecule has 5 heteroatoms. The number of allylic oxidation sites excluding steroid dienone is 1. The van der Waals surface area contributed by atoms with Crippen molar-refractivity contribution in [3.63, 3.8) is 0 Å². The largest absolute Gasteiger partial charge is 0.494 e. The van der Waals surface area contributed by atoms with Crippen molar-refractivity contribution in [1.29, 1.82) is 0 Å². The van der Waals surface area contributed by atoms with Crippen LogP contribution in [0.3, 0.4) is 0 Å². The first kappa shape index (κ1) is 13.6. The van der Waals surface area contributed by atoms with E-state index in [0.29, 0.717) is 12.2 Å². The van der Waals surface area contributed by atoms with Crippen molar-refractivity contribution in [1.82, 2.24) is 0 Å². The number of hydrogen-bond acceptors (Lipinski definition) is 4. The second-order valence-corrected chi connectivity index (χ2v) is 3.00. The summed E-state index contributed by atoms with van der Waals surface area (Å²) in [5.74, 6) is 0.547. The van der Waals surface area contributed by atoms with Gasteiger partial charge >= 0.3 is 12.0 Å². The molecule has 0 aromatic heterocycles. The van der Waals surface area contributed by atoms with Gasteiger partial charge in [-0.15, -0.1) is 0 Å². The number of carbonyl (C=O) groups excluding carboxylic acids is 1. The van der Waals surface area contributed by atoms with Gasteiger partial charge in [0.15, 0.2) is 5.76 Å². The first-order valence-corrected chi connectivity index (χ1v) is 4.94. The summed E-state index contributed by atoms with van der Waals surface area (Å²) in [4.78, 5) is 10.5. The predicted octanol–water partition coefficient (Wildman–Crippen LogP) is 2.12. The molecular formula is C10H19NO4. The van der Waals surface area contributed by atoms with E-state index in [2.05, 4.69) is 11.7 Å². The van der Waals surface area contributed by atoms with E-state index in [4.69, 9.17) is 15.2 Å². The predicted molar refractivity (Wildman–Crippen MR) is 55.9 cm³/mol. The number of unbranched alkanes of at least 4 members (excludes halogenated alkanes) is 2. The molecule has 2 N–H and O–H groups in total. The summed E-state index contributed by atoms with van der Waals surface area (Å²) in [6.45, 7) is 2.10. The average molecular weight is 217 g/mol. The van der Waals surface area contributed by atoms with E-state index in [0.717, 1.165) is 19.3 Å². The van der Waals surface area contributed by atoms with Crippen molar-refractivity contribution < 1.29 is 19.0 Å². The average Bonchev–Trinajstić information content (AvgIpc) is 2.21. The zero-order valence-electron chi connectivity index (χ0n) is 9.54. The number of methoxy groups -OCH3 is 2. The van der Waals surface area contributed by atoms with Crippen LogP contribution in [0.4, 0.5) is 4.79 Å². The molecule has 0 aliphatic rings. The Balaban J connectivity index is 4.37. The van der Waals surface area contributed by atoms with Crippen molar-refractivity contribution in [3.05, 3.63) is 11.7 Å². The molecule has 88 valence electrons. The van der Waals surface area contributed by atoms with Gasteiger partial charge in [0.05, 0.1) is 14.2 Å². The Morgan fingerprint density at radius 1 is 1.20 bits per heavy atom. The summed E-state index contributed by atoms with van der Waals surface area (Å²) in [5, 5.41) is 0. The summed E-state index contributed by atoms with van der Waals surface area (Å²) in [7, 11) is 2.90. The summed E-state index contributed by atoms with van der Waals surface area (Å²) >= 11 is 0. The number of carbonyl (C=O) groups is 1. The maximum absolute atomic E-state index is 10.5. The zero-order chi connectivity index (χ0) is 11.7. The molecule has 0 radical (unpaired) electrons. The molecule has 0 aliphatic carbocycles. The molecule has 0 aromatic carbocycles. The minimum absolute atomic E-state index is 0.0427. The molecule has 0 aliphatic heterocycles. The van der Waals surface area contributed by atoms with E-state index in [-0.39, 0.29) is 5.95 Å². The van der Waals surface area contributed by atoms with Crippen LogP contribution in [0.5, 0.6) is 0 Å². The SMILES string of the molecule is CCCCC/C(OC)=C(/OC)OC(N)=O. The third-order valence-corrected chi connectivity index (χ3v) is 1.86. The highest BCUT2D eigenvalue weighted by atomic mass is 16.7. The second kappa shape index (κ2) is 7.96. The molecular weight excluding hydrogens is 198 g/mol. The molecule has 0 saturated carbocycles.